The number of esters is 1. The summed E-state index contributed by atoms with van der Waals surface area (Å²) in [5.41, 5.74) is 6.07. The number of amides is 1. The standard InChI is InChI=1S/C24H40N2O6S/c1-19(28)32-15-7-10-20-9-6-11-21(17-20)24(4,22(29)26-25-5)13-8-12-23(2,3)18-33(30,31)16-14-27/h6,9,11,17,25,27H,7-8,10,12-16,18H2,1-5H3,(H,26,29)/t24-/m1/s1. The molecule has 1 aromatic carbocycles. The van der Waals surface area contributed by atoms with Gasteiger partial charge in [-0.3, -0.25) is 15.0 Å². The van der Waals surface area contributed by atoms with Crippen LogP contribution in [0.3, 0.4) is 0 Å². The van der Waals surface area contributed by atoms with Gasteiger partial charge < -0.3 is 9.84 Å². The highest BCUT2D eigenvalue weighted by Gasteiger charge is 2.36. The van der Waals surface area contributed by atoms with Crippen LogP contribution in [0.2, 0.25) is 0 Å². The predicted octanol–water partition coefficient (Wildman–Crippen LogP) is 2.29. The fraction of sp³-hybridized carbons (Fsp3) is 0.667. The smallest absolute Gasteiger partial charge is 0.302 e. The topological polar surface area (TPSA) is 122 Å². The molecule has 0 radical (unpaired) electrons. The highest BCUT2D eigenvalue weighted by Crippen LogP contribution is 2.34. The molecule has 0 saturated heterocycles. The van der Waals surface area contributed by atoms with Gasteiger partial charge in [0.25, 0.3) is 0 Å². The monoisotopic (exact) mass is 484 g/mol. The van der Waals surface area contributed by atoms with E-state index in [1.54, 1.807) is 7.05 Å². The summed E-state index contributed by atoms with van der Waals surface area (Å²) < 4.78 is 29.3. The quantitative estimate of drug-likeness (QED) is 0.198. The molecule has 1 aromatic rings. The lowest BCUT2D eigenvalue weighted by molar-refractivity contribution is -0.141. The minimum absolute atomic E-state index is 0.00218. The summed E-state index contributed by atoms with van der Waals surface area (Å²) in [6.07, 6.45) is 3.24. The summed E-state index contributed by atoms with van der Waals surface area (Å²) in [6, 6.07) is 7.86. The Labute approximate surface area is 198 Å². The Bertz CT molecular complexity index is 885. The first kappa shape index (κ1) is 29.1. The van der Waals surface area contributed by atoms with Crippen molar-refractivity contribution in [1.29, 1.82) is 0 Å². The Kier molecular flexibility index (Phi) is 11.5. The van der Waals surface area contributed by atoms with Crippen LogP contribution in [-0.4, -0.2) is 57.2 Å². The second-order valence-corrected chi connectivity index (χ2v) is 11.7. The third-order valence-corrected chi connectivity index (χ3v) is 7.79. The number of ether oxygens (including phenoxy) is 1. The van der Waals surface area contributed by atoms with Crippen LogP contribution in [0.5, 0.6) is 0 Å². The fourth-order valence-corrected chi connectivity index (χ4v) is 5.76. The van der Waals surface area contributed by atoms with E-state index in [1.165, 1.54) is 6.92 Å². The largest absolute Gasteiger partial charge is 0.466 e. The first-order chi connectivity index (χ1) is 15.3. The van der Waals surface area contributed by atoms with Crippen molar-refractivity contribution in [1.82, 2.24) is 10.9 Å². The van der Waals surface area contributed by atoms with Crippen molar-refractivity contribution in [2.24, 2.45) is 5.41 Å². The van der Waals surface area contributed by atoms with Crippen LogP contribution in [0.25, 0.3) is 0 Å². The van der Waals surface area contributed by atoms with Crippen molar-refractivity contribution in [3.8, 4) is 0 Å². The van der Waals surface area contributed by atoms with Gasteiger partial charge in [0, 0.05) is 14.0 Å². The molecule has 1 atom stereocenters. The maximum atomic E-state index is 13.0. The van der Waals surface area contributed by atoms with Gasteiger partial charge >= 0.3 is 5.97 Å². The Morgan fingerprint density at radius 1 is 1.12 bits per heavy atom. The number of hydrogen-bond acceptors (Lipinski definition) is 7. The molecule has 0 saturated carbocycles. The summed E-state index contributed by atoms with van der Waals surface area (Å²) in [5.74, 6) is -0.694. The van der Waals surface area contributed by atoms with Gasteiger partial charge in [0.1, 0.15) is 0 Å². The van der Waals surface area contributed by atoms with E-state index in [-0.39, 0.29) is 30.0 Å². The lowest BCUT2D eigenvalue weighted by Gasteiger charge is -2.31. The van der Waals surface area contributed by atoms with Crippen LogP contribution < -0.4 is 10.9 Å². The van der Waals surface area contributed by atoms with Gasteiger partial charge in [0.05, 0.1) is 30.1 Å². The number of carbonyl (C=O) groups is 2. The van der Waals surface area contributed by atoms with Crippen molar-refractivity contribution in [3.63, 3.8) is 0 Å². The molecule has 33 heavy (non-hydrogen) atoms. The first-order valence-electron chi connectivity index (χ1n) is 11.4. The van der Waals surface area contributed by atoms with Crippen molar-refractivity contribution in [2.45, 2.75) is 65.2 Å². The van der Waals surface area contributed by atoms with Gasteiger partial charge in [0.15, 0.2) is 9.84 Å². The average Bonchev–Trinajstić information content (AvgIpc) is 2.70. The van der Waals surface area contributed by atoms with Crippen LogP contribution in [0.4, 0.5) is 0 Å². The summed E-state index contributed by atoms with van der Waals surface area (Å²) in [4.78, 5) is 24.0. The van der Waals surface area contributed by atoms with E-state index < -0.39 is 20.7 Å². The minimum atomic E-state index is -3.33. The summed E-state index contributed by atoms with van der Waals surface area (Å²) in [6.45, 7) is 7.06. The second-order valence-electron chi connectivity index (χ2n) is 9.51. The molecule has 0 fully saturated rings. The zero-order valence-corrected chi connectivity index (χ0v) is 21.4. The van der Waals surface area contributed by atoms with Crippen LogP contribution in [0.15, 0.2) is 24.3 Å². The second kappa shape index (κ2) is 13.1. The molecule has 0 bridgehead atoms. The molecule has 0 unspecified atom stereocenters. The van der Waals surface area contributed by atoms with Crippen LogP contribution >= 0.6 is 0 Å². The number of aliphatic hydroxyl groups excluding tert-OH is 1. The summed E-state index contributed by atoms with van der Waals surface area (Å²) in [7, 11) is -1.69. The molecule has 3 N–H and O–H groups in total. The minimum Gasteiger partial charge on any atom is -0.466 e. The van der Waals surface area contributed by atoms with E-state index in [2.05, 4.69) is 10.9 Å². The Balaban J connectivity index is 2.95. The lowest BCUT2D eigenvalue weighted by Crippen LogP contribution is -2.47. The zero-order valence-electron chi connectivity index (χ0n) is 20.6. The van der Waals surface area contributed by atoms with Crippen LogP contribution in [0, 0.1) is 5.41 Å². The SMILES string of the molecule is CNNC(=O)[C@](C)(CCCC(C)(C)CS(=O)(=O)CCO)c1cccc(CCCOC(C)=O)c1. The molecule has 9 heteroatoms. The number of aryl methyl sites for hydroxylation is 1. The van der Waals surface area contributed by atoms with Gasteiger partial charge in [0.2, 0.25) is 5.91 Å². The van der Waals surface area contributed by atoms with E-state index in [1.807, 2.05) is 45.0 Å². The molecule has 8 nitrogen and oxygen atoms in total. The molecule has 0 heterocycles. The average molecular weight is 485 g/mol. The van der Waals surface area contributed by atoms with Gasteiger partial charge in [-0.2, -0.15) is 0 Å². The molecule has 1 amide bonds. The molecule has 188 valence electrons. The highest BCUT2D eigenvalue weighted by molar-refractivity contribution is 7.91. The molecule has 1 rings (SSSR count). The highest BCUT2D eigenvalue weighted by atomic mass is 32.2. The third-order valence-electron chi connectivity index (χ3n) is 5.76. The Morgan fingerprint density at radius 3 is 2.42 bits per heavy atom. The van der Waals surface area contributed by atoms with Crippen molar-refractivity contribution in [2.75, 3.05) is 31.8 Å². The van der Waals surface area contributed by atoms with E-state index in [0.717, 1.165) is 17.5 Å². The van der Waals surface area contributed by atoms with Gasteiger partial charge in [-0.15, -0.1) is 0 Å². The van der Waals surface area contributed by atoms with Gasteiger partial charge in [-0.05, 0) is 49.1 Å². The predicted molar refractivity (Wildman–Crippen MR) is 129 cm³/mol. The molecular weight excluding hydrogens is 444 g/mol. The first-order valence-corrected chi connectivity index (χ1v) is 13.2. The van der Waals surface area contributed by atoms with Gasteiger partial charge in [-0.1, -0.05) is 44.5 Å². The van der Waals surface area contributed by atoms with E-state index >= 15 is 0 Å². The number of benzene rings is 1. The molecule has 0 aliphatic rings. The third kappa shape index (κ3) is 10.2. The molecule has 0 aliphatic carbocycles. The van der Waals surface area contributed by atoms with E-state index in [9.17, 15) is 18.0 Å². The molecular formula is C24H40N2O6S. The summed E-state index contributed by atoms with van der Waals surface area (Å²) >= 11 is 0. The zero-order chi connectivity index (χ0) is 25.1. The number of rotatable bonds is 15. The number of aliphatic hydroxyl groups is 1. The summed E-state index contributed by atoms with van der Waals surface area (Å²) in [5, 5.41) is 8.98. The fourth-order valence-electron chi connectivity index (χ4n) is 4.00. The number of nitrogens with one attached hydrogen (secondary N) is 2. The van der Waals surface area contributed by atoms with Crippen LogP contribution in [-0.2, 0) is 36.0 Å². The maximum absolute atomic E-state index is 13.0. The van der Waals surface area contributed by atoms with Crippen molar-refractivity contribution < 1.29 is 27.9 Å². The lowest BCUT2D eigenvalue weighted by atomic mass is 9.75. The van der Waals surface area contributed by atoms with E-state index in [4.69, 9.17) is 9.84 Å². The molecule has 0 spiro atoms. The Morgan fingerprint density at radius 2 is 1.82 bits per heavy atom. The van der Waals surface area contributed by atoms with Crippen molar-refractivity contribution >= 4 is 21.7 Å². The van der Waals surface area contributed by atoms with Crippen molar-refractivity contribution in [3.05, 3.63) is 35.4 Å². The molecule has 0 aromatic heterocycles. The number of sulfone groups is 1. The van der Waals surface area contributed by atoms with Gasteiger partial charge in [-0.25, -0.2) is 13.8 Å². The maximum Gasteiger partial charge on any atom is 0.302 e. The number of carbonyl (C=O) groups excluding carboxylic acids is 2. The molecule has 0 aliphatic heterocycles. The normalized spacial score (nSPS) is 13.9. The van der Waals surface area contributed by atoms with Crippen LogP contribution in [0.1, 0.15) is 64.5 Å². The van der Waals surface area contributed by atoms with E-state index in [0.29, 0.717) is 32.3 Å². The number of hydrazine groups is 1. The Hall–Kier alpha value is -1.97. The number of hydrogen-bond donors (Lipinski definition) is 3.